The molecular formula is C18H15N5O8S. The van der Waals surface area contributed by atoms with E-state index in [0.29, 0.717) is 17.1 Å². The Morgan fingerprint density at radius 3 is 2.34 bits per heavy atom. The molecule has 0 unspecified atom stereocenters. The van der Waals surface area contributed by atoms with Crippen molar-refractivity contribution in [2.75, 3.05) is 5.32 Å². The zero-order valence-corrected chi connectivity index (χ0v) is 17.0. The number of hydrogen-bond donors (Lipinski definition) is 6. The smallest absolute Gasteiger partial charge is 0.338 e. The number of H-pyrrole nitrogens is 2. The second-order valence-corrected chi connectivity index (χ2v) is 7.81. The van der Waals surface area contributed by atoms with Crippen LogP contribution in [0.4, 0.5) is 11.4 Å². The second kappa shape index (κ2) is 8.44. The number of carbonyl (C=O) groups excluding carboxylic acids is 1. The van der Waals surface area contributed by atoms with Crippen LogP contribution in [-0.2, 0) is 14.9 Å². The first kappa shape index (κ1) is 22.4. The van der Waals surface area contributed by atoms with Crippen molar-refractivity contribution in [3.63, 3.8) is 0 Å². The van der Waals surface area contributed by atoms with E-state index in [1.54, 1.807) is 0 Å². The van der Waals surface area contributed by atoms with Crippen molar-refractivity contribution >= 4 is 44.4 Å². The number of azo groups is 1. The van der Waals surface area contributed by atoms with Crippen LogP contribution in [0.1, 0.15) is 17.3 Å². The number of carbonyl (C=O) groups is 2. The van der Waals surface area contributed by atoms with Crippen LogP contribution < -0.4 is 11.0 Å². The zero-order chi connectivity index (χ0) is 23.6. The highest BCUT2D eigenvalue weighted by atomic mass is 32.2. The van der Waals surface area contributed by atoms with E-state index in [-0.39, 0.29) is 11.4 Å². The van der Waals surface area contributed by atoms with E-state index in [4.69, 9.17) is 4.55 Å². The Kier molecular flexibility index (Phi) is 5.91. The number of anilines is 1. The molecule has 0 spiro atoms. The van der Waals surface area contributed by atoms with Crippen LogP contribution in [0.2, 0.25) is 0 Å². The summed E-state index contributed by atoms with van der Waals surface area (Å²) in [5.74, 6) is -2.99. The van der Waals surface area contributed by atoms with Crippen LogP contribution in [-0.4, -0.2) is 45.0 Å². The molecule has 32 heavy (non-hydrogen) atoms. The van der Waals surface area contributed by atoms with Gasteiger partial charge in [-0.2, -0.15) is 8.42 Å². The van der Waals surface area contributed by atoms with Crippen molar-refractivity contribution in [2.24, 2.45) is 10.2 Å². The number of carboxylic acid groups (broad SMARTS) is 1. The van der Waals surface area contributed by atoms with Gasteiger partial charge in [0.2, 0.25) is 0 Å². The monoisotopic (exact) mass is 461 g/mol. The minimum Gasteiger partial charge on any atom is -0.510 e. The summed E-state index contributed by atoms with van der Waals surface area (Å²) in [5, 5.41) is 28.8. The average molecular weight is 461 g/mol. The molecule has 0 aliphatic carbocycles. The number of rotatable bonds is 6. The molecule has 0 fully saturated rings. The highest BCUT2D eigenvalue weighted by Gasteiger charge is 2.18. The maximum Gasteiger partial charge on any atom is 0.338 e. The summed E-state index contributed by atoms with van der Waals surface area (Å²) in [4.78, 5) is 39.7. The largest absolute Gasteiger partial charge is 0.510 e. The molecule has 6 N–H and O–H groups in total. The number of nitrogens with zero attached hydrogens (tertiary/aromatic N) is 2. The maximum absolute atomic E-state index is 12.5. The first-order chi connectivity index (χ1) is 15.0. The molecule has 3 rings (SSSR count). The minimum absolute atomic E-state index is 0.260. The van der Waals surface area contributed by atoms with Gasteiger partial charge in [-0.1, -0.05) is 0 Å². The van der Waals surface area contributed by atoms with Crippen LogP contribution in [0.25, 0.3) is 11.0 Å². The highest BCUT2D eigenvalue weighted by Crippen LogP contribution is 2.25. The first-order valence-electron chi connectivity index (χ1n) is 8.65. The first-order valence-corrected chi connectivity index (χ1v) is 10.1. The Morgan fingerprint density at radius 1 is 1.03 bits per heavy atom. The molecule has 3 aromatic rings. The number of fused-ring (bicyclic) bond motifs is 1. The third-order valence-corrected chi connectivity index (χ3v) is 4.94. The Bertz CT molecular complexity index is 1460. The van der Waals surface area contributed by atoms with Gasteiger partial charge in [0.25, 0.3) is 16.0 Å². The number of allylic oxidation sites excluding steroid dienone is 1. The topological polar surface area (TPSA) is 214 Å². The Labute approximate surface area is 178 Å². The van der Waals surface area contributed by atoms with E-state index in [0.717, 1.165) is 19.1 Å². The minimum atomic E-state index is -4.66. The molecule has 0 aliphatic rings. The van der Waals surface area contributed by atoms with Crippen molar-refractivity contribution in [1.82, 2.24) is 9.97 Å². The van der Waals surface area contributed by atoms with E-state index in [1.807, 2.05) is 0 Å². The van der Waals surface area contributed by atoms with Crippen LogP contribution in [0, 0.1) is 0 Å². The highest BCUT2D eigenvalue weighted by molar-refractivity contribution is 7.85. The fourth-order valence-corrected chi connectivity index (χ4v) is 3.13. The lowest BCUT2D eigenvalue weighted by Crippen LogP contribution is -2.14. The van der Waals surface area contributed by atoms with Crippen molar-refractivity contribution in [3.8, 4) is 0 Å². The molecule has 0 radical (unpaired) electrons. The van der Waals surface area contributed by atoms with Gasteiger partial charge in [0.05, 0.1) is 21.5 Å². The summed E-state index contributed by atoms with van der Waals surface area (Å²) in [7, 11) is -4.66. The number of amides is 1. The number of hydrogen-bond acceptors (Lipinski definition) is 8. The number of benzene rings is 2. The number of aromatic nitrogens is 2. The summed E-state index contributed by atoms with van der Waals surface area (Å²) in [6.45, 7) is 1.15. The second-order valence-electron chi connectivity index (χ2n) is 6.39. The molecule has 0 aliphatic heterocycles. The predicted octanol–water partition coefficient (Wildman–Crippen LogP) is 2.31. The molecule has 2 aromatic carbocycles. The lowest BCUT2D eigenvalue weighted by molar-refractivity contribution is -0.113. The number of imidazole rings is 1. The van der Waals surface area contributed by atoms with Crippen LogP contribution in [0.15, 0.2) is 67.8 Å². The van der Waals surface area contributed by atoms with E-state index < -0.39 is 49.6 Å². The van der Waals surface area contributed by atoms with E-state index in [1.165, 1.54) is 18.2 Å². The number of carboxylic acids is 1. The maximum atomic E-state index is 12.5. The normalized spacial score (nSPS) is 12.7. The molecule has 166 valence electrons. The number of nitrogens with one attached hydrogen (secondary N) is 3. The van der Waals surface area contributed by atoms with Gasteiger partial charge in [-0.3, -0.25) is 9.35 Å². The fourth-order valence-electron chi connectivity index (χ4n) is 2.62. The summed E-state index contributed by atoms with van der Waals surface area (Å²) in [5.41, 5.74) is -0.734. The quantitative estimate of drug-likeness (QED) is 0.138. The van der Waals surface area contributed by atoms with Gasteiger partial charge in [0, 0.05) is 5.69 Å². The predicted molar refractivity (Wildman–Crippen MR) is 111 cm³/mol. The molecule has 14 heteroatoms. The summed E-state index contributed by atoms with van der Waals surface area (Å²) < 4.78 is 31.5. The van der Waals surface area contributed by atoms with Gasteiger partial charge in [0.1, 0.15) is 11.4 Å². The van der Waals surface area contributed by atoms with Gasteiger partial charge in [0.15, 0.2) is 5.70 Å². The molecule has 0 saturated heterocycles. The van der Waals surface area contributed by atoms with Crippen molar-refractivity contribution in [2.45, 2.75) is 11.8 Å². The molecule has 0 saturated carbocycles. The number of aromatic carboxylic acids is 1. The Hall–Kier alpha value is -4.30. The lowest BCUT2D eigenvalue weighted by Gasteiger charge is -2.07. The fraction of sp³-hybridized carbons (Fsp3) is 0.0556. The van der Waals surface area contributed by atoms with Gasteiger partial charge in [-0.05, 0) is 43.3 Å². The van der Waals surface area contributed by atoms with Crippen LogP contribution >= 0.6 is 0 Å². The van der Waals surface area contributed by atoms with E-state index >= 15 is 0 Å². The average Bonchev–Trinajstić information content (AvgIpc) is 3.06. The van der Waals surface area contributed by atoms with Gasteiger partial charge >= 0.3 is 11.7 Å². The number of aromatic amines is 2. The molecule has 1 amide bonds. The Morgan fingerprint density at radius 2 is 1.72 bits per heavy atom. The molecule has 0 bridgehead atoms. The van der Waals surface area contributed by atoms with Crippen molar-refractivity contribution in [3.05, 3.63) is 63.9 Å². The molecule has 1 aromatic heterocycles. The van der Waals surface area contributed by atoms with Gasteiger partial charge in [-0.25, -0.2) is 9.59 Å². The van der Waals surface area contributed by atoms with E-state index in [9.17, 15) is 33.0 Å². The standard InChI is InChI=1S/C18H15N5O8S/c1-8(24)15(16(25)19-9-2-4-13-14(6-9)21-18(28)20-13)23-22-12-5-3-10(32(29,30)31)7-11(12)17(26)27/h2-7,24H,1H3,(H,19,25)(H,26,27)(H2,20,21,28)(H,29,30,31). The van der Waals surface area contributed by atoms with Gasteiger partial charge < -0.3 is 25.5 Å². The van der Waals surface area contributed by atoms with Crippen molar-refractivity contribution < 1.29 is 32.8 Å². The van der Waals surface area contributed by atoms with E-state index in [2.05, 4.69) is 25.5 Å². The number of aliphatic hydroxyl groups is 1. The molecular weight excluding hydrogens is 446 g/mol. The molecule has 1 heterocycles. The van der Waals surface area contributed by atoms with Gasteiger partial charge in [-0.15, -0.1) is 10.2 Å². The Balaban J connectivity index is 1.90. The zero-order valence-electron chi connectivity index (χ0n) is 16.1. The molecule has 13 nitrogen and oxygen atoms in total. The third-order valence-electron chi connectivity index (χ3n) is 4.09. The summed E-state index contributed by atoms with van der Waals surface area (Å²) in [6.07, 6.45) is 0. The van der Waals surface area contributed by atoms with Crippen molar-refractivity contribution in [1.29, 1.82) is 0 Å². The summed E-state index contributed by atoms with van der Waals surface area (Å²) in [6, 6.07) is 7.03. The molecule has 0 atom stereocenters. The van der Waals surface area contributed by atoms with Crippen LogP contribution in [0.5, 0.6) is 0 Å². The third kappa shape index (κ3) is 4.88. The van der Waals surface area contributed by atoms with Crippen LogP contribution in [0.3, 0.4) is 0 Å². The number of aliphatic hydroxyl groups excluding tert-OH is 1. The lowest BCUT2D eigenvalue weighted by atomic mass is 10.2. The SMILES string of the molecule is CC(O)=C(N=Nc1ccc(S(=O)(=O)O)cc1C(=O)O)C(=O)Nc1ccc2[nH]c(=O)[nH]c2c1. The summed E-state index contributed by atoms with van der Waals surface area (Å²) >= 11 is 0.